The van der Waals surface area contributed by atoms with Gasteiger partial charge in [-0.2, -0.15) is 4.98 Å². The quantitative estimate of drug-likeness (QED) is 0.641. The van der Waals surface area contributed by atoms with E-state index < -0.39 is 0 Å². The van der Waals surface area contributed by atoms with E-state index in [0.29, 0.717) is 29.6 Å². The number of benzene rings is 2. The van der Waals surface area contributed by atoms with Crippen molar-refractivity contribution in [3.8, 4) is 5.75 Å². The van der Waals surface area contributed by atoms with Crippen molar-refractivity contribution in [1.82, 2.24) is 15.5 Å². The van der Waals surface area contributed by atoms with Crippen LogP contribution in [0.1, 0.15) is 27.6 Å². The Hall–Kier alpha value is -2.80. The minimum atomic E-state index is -0.117. The third-order valence-corrected chi connectivity index (χ3v) is 4.74. The van der Waals surface area contributed by atoms with Gasteiger partial charge >= 0.3 is 0 Å². The highest BCUT2D eigenvalue weighted by atomic mass is 32.2. The number of carbonyl (C=O) groups is 1. The number of methoxy groups -OCH3 is 1. The lowest BCUT2D eigenvalue weighted by molar-refractivity contribution is 0.0948. The van der Waals surface area contributed by atoms with Gasteiger partial charge in [0, 0.05) is 18.4 Å². The molecule has 1 heterocycles. The summed E-state index contributed by atoms with van der Waals surface area (Å²) in [5.41, 5.74) is 1.64. The van der Waals surface area contributed by atoms with Crippen LogP contribution in [-0.2, 0) is 12.3 Å². The Morgan fingerprint density at radius 2 is 1.96 bits per heavy atom. The largest absolute Gasteiger partial charge is 0.497 e. The molecule has 0 radical (unpaired) electrons. The molecule has 134 valence electrons. The van der Waals surface area contributed by atoms with Crippen molar-refractivity contribution >= 4 is 17.7 Å². The second kappa shape index (κ2) is 8.53. The van der Waals surface area contributed by atoms with E-state index >= 15 is 0 Å². The number of nitrogens with one attached hydrogen (secondary N) is 1. The molecule has 1 N–H and O–H groups in total. The molecule has 0 aliphatic heterocycles. The number of rotatable bonds is 7. The maximum absolute atomic E-state index is 12.6. The number of hydrogen-bond donors (Lipinski definition) is 1. The first-order valence-electron chi connectivity index (χ1n) is 8.08. The van der Waals surface area contributed by atoms with Crippen molar-refractivity contribution in [1.29, 1.82) is 0 Å². The third-order valence-electron chi connectivity index (χ3n) is 3.67. The molecule has 0 aliphatic carbocycles. The van der Waals surface area contributed by atoms with E-state index in [9.17, 15) is 4.79 Å². The molecular formula is C19H19N3O3S. The Labute approximate surface area is 156 Å². The fourth-order valence-corrected chi connectivity index (χ4v) is 3.24. The molecule has 1 aromatic heterocycles. The first kappa shape index (κ1) is 18.0. The van der Waals surface area contributed by atoms with Crippen molar-refractivity contribution in [2.45, 2.75) is 24.1 Å². The molecule has 3 aromatic rings. The number of nitrogens with zero attached hydrogens (tertiary/aromatic N) is 2. The summed E-state index contributed by atoms with van der Waals surface area (Å²) in [6, 6.07) is 15.1. The molecule has 0 bridgehead atoms. The number of carbonyl (C=O) groups excluding carboxylic acids is 1. The fourth-order valence-electron chi connectivity index (χ4n) is 2.34. The Bertz CT molecular complexity index is 878. The molecule has 0 atom stereocenters. The molecule has 26 heavy (non-hydrogen) atoms. The van der Waals surface area contributed by atoms with Gasteiger partial charge < -0.3 is 14.6 Å². The highest BCUT2D eigenvalue weighted by Gasteiger charge is 2.12. The average molecular weight is 369 g/mol. The van der Waals surface area contributed by atoms with Crippen molar-refractivity contribution in [3.63, 3.8) is 0 Å². The Kier molecular flexibility index (Phi) is 5.91. The molecule has 0 saturated carbocycles. The smallest absolute Gasteiger partial charge is 0.252 e. The summed E-state index contributed by atoms with van der Waals surface area (Å²) in [6.45, 7) is 2.20. The fraction of sp³-hybridized carbons (Fsp3) is 0.211. The Balaban J connectivity index is 1.63. The van der Waals surface area contributed by atoms with Crippen LogP contribution >= 0.6 is 11.8 Å². The van der Waals surface area contributed by atoms with Gasteiger partial charge in [-0.05, 0) is 29.8 Å². The van der Waals surface area contributed by atoms with Crippen LogP contribution in [0.2, 0.25) is 0 Å². The van der Waals surface area contributed by atoms with E-state index in [1.165, 1.54) is 11.8 Å². The van der Waals surface area contributed by atoms with Gasteiger partial charge in [0.15, 0.2) is 5.82 Å². The number of ether oxygens (including phenoxy) is 1. The molecule has 2 aromatic carbocycles. The number of hydrogen-bond acceptors (Lipinski definition) is 6. The molecule has 0 fully saturated rings. The van der Waals surface area contributed by atoms with Crippen LogP contribution in [0, 0.1) is 6.92 Å². The summed E-state index contributed by atoms with van der Waals surface area (Å²) in [7, 11) is 1.63. The summed E-state index contributed by atoms with van der Waals surface area (Å²) in [6.07, 6.45) is 0. The van der Waals surface area contributed by atoms with E-state index in [1.807, 2.05) is 48.5 Å². The molecular weight excluding hydrogens is 350 g/mol. The van der Waals surface area contributed by atoms with Gasteiger partial charge in [-0.1, -0.05) is 29.4 Å². The van der Waals surface area contributed by atoms with Crippen LogP contribution in [0.25, 0.3) is 0 Å². The summed E-state index contributed by atoms with van der Waals surface area (Å²) < 4.78 is 10.1. The van der Waals surface area contributed by atoms with E-state index in [0.717, 1.165) is 16.2 Å². The maximum atomic E-state index is 12.6. The molecule has 0 spiro atoms. The van der Waals surface area contributed by atoms with Gasteiger partial charge in [0.2, 0.25) is 5.89 Å². The van der Waals surface area contributed by atoms with Crippen molar-refractivity contribution in [3.05, 3.63) is 71.4 Å². The first-order valence-corrected chi connectivity index (χ1v) is 9.06. The lowest BCUT2D eigenvalue weighted by Gasteiger charge is -2.10. The van der Waals surface area contributed by atoms with Crippen molar-refractivity contribution in [2.24, 2.45) is 0 Å². The Morgan fingerprint density at radius 3 is 2.65 bits per heavy atom. The minimum Gasteiger partial charge on any atom is -0.497 e. The minimum absolute atomic E-state index is 0.117. The van der Waals surface area contributed by atoms with Gasteiger partial charge in [-0.15, -0.1) is 11.8 Å². The second-order valence-electron chi connectivity index (χ2n) is 5.55. The van der Waals surface area contributed by atoms with Crippen molar-refractivity contribution in [2.75, 3.05) is 7.11 Å². The zero-order valence-corrected chi connectivity index (χ0v) is 15.4. The lowest BCUT2D eigenvalue weighted by atomic mass is 10.2. The number of aromatic nitrogens is 2. The van der Waals surface area contributed by atoms with E-state index in [4.69, 9.17) is 9.26 Å². The van der Waals surface area contributed by atoms with Crippen molar-refractivity contribution < 1.29 is 14.1 Å². The van der Waals surface area contributed by atoms with Gasteiger partial charge in [0.05, 0.1) is 18.4 Å². The Morgan fingerprint density at radius 1 is 1.19 bits per heavy atom. The number of amides is 1. The molecule has 0 saturated heterocycles. The molecule has 3 rings (SSSR count). The van der Waals surface area contributed by atoms with E-state index in [-0.39, 0.29) is 5.91 Å². The number of aryl methyl sites for hydroxylation is 1. The third kappa shape index (κ3) is 4.64. The van der Waals surface area contributed by atoms with Gasteiger partial charge in [0.25, 0.3) is 5.91 Å². The summed E-state index contributed by atoms with van der Waals surface area (Å²) >= 11 is 1.51. The zero-order chi connectivity index (χ0) is 18.4. The zero-order valence-electron chi connectivity index (χ0n) is 14.6. The normalized spacial score (nSPS) is 10.5. The van der Waals surface area contributed by atoms with E-state index in [2.05, 4.69) is 15.5 Å². The highest BCUT2D eigenvalue weighted by Crippen LogP contribution is 2.25. The first-order chi connectivity index (χ1) is 12.7. The predicted molar refractivity (Wildman–Crippen MR) is 99.2 cm³/mol. The summed E-state index contributed by atoms with van der Waals surface area (Å²) in [5.74, 6) is 2.36. The number of thioether (sulfide) groups is 1. The summed E-state index contributed by atoms with van der Waals surface area (Å²) in [5, 5.41) is 6.83. The van der Waals surface area contributed by atoms with Crippen LogP contribution in [-0.4, -0.2) is 23.2 Å². The second-order valence-corrected chi connectivity index (χ2v) is 6.56. The lowest BCUT2D eigenvalue weighted by Crippen LogP contribution is -2.23. The standard InChI is InChI=1S/C19H19N3O3S/c1-13-21-18(22-25-13)12-26-17-6-4-3-5-16(17)19(23)20-11-14-7-9-15(24-2)10-8-14/h3-10H,11-12H2,1-2H3,(H,20,23). The SMILES string of the molecule is COc1ccc(CNC(=O)c2ccccc2SCc2noc(C)n2)cc1. The molecule has 7 heteroatoms. The summed E-state index contributed by atoms with van der Waals surface area (Å²) in [4.78, 5) is 17.6. The van der Waals surface area contributed by atoms with Crippen LogP contribution in [0.5, 0.6) is 5.75 Å². The molecule has 0 unspecified atom stereocenters. The highest BCUT2D eigenvalue weighted by molar-refractivity contribution is 7.98. The van der Waals surface area contributed by atoms with Gasteiger partial charge in [-0.3, -0.25) is 4.79 Å². The van der Waals surface area contributed by atoms with Crippen LogP contribution in [0.3, 0.4) is 0 Å². The van der Waals surface area contributed by atoms with Crippen LogP contribution in [0.4, 0.5) is 0 Å². The molecule has 0 aliphatic rings. The average Bonchev–Trinajstić information content (AvgIpc) is 3.10. The van der Waals surface area contributed by atoms with Crippen LogP contribution in [0.15, 0.2) is 57.9 Å². The van der Waals surface area contributed by atoms with Crippen LogP contribution < -0.4 is 10.1 Å². The van der Waals surface area contributed by atoms with Gasteiger partial charge in [0.1, 0.15) is 5.75 Å². The topological polar surface area (TPSA) is 77.2 Å². The molecule has 1 amide bonds. The molecule has 6 nitrogen and oxygen atoms in total. The monoisotopic (exact) mass is 369 g/mol. The van der Waals surface area contributed by atoms with Gasteiger partial charge in [-0.25, -0.2) is 0 Å². The van der Waals surface area contributed by atoms with E-state index in [1.54, 1.807) is 14.0 Å². The predicted octanol–water partition coefficient (Wildman–Crippen LogP) is 3.61. The maximum Gasteiger partial charge on any atom is 0.252 e.